The number of halogens is 1. The van der Waals surface area contributed by atoms with Crippen LogP contribution in [0.25, 0.3) is 0 Å². The van der Waals surface area contributed by atoms with Gasteiger partial charge >= 0.3 is 0 Å². The van der Waals surface area contributed by atoms with Crippen LogP contribution >= 0.6 is 15.9 Å². The summed E-state index contributed by atoms with van der Waals surface area (Å²) in [4.78, 5) is 7.05. The van der Waals surface area contributed by atoms with Gasteiger partial charge in [-0.25, -0.2) is 4.98 Å². The van der Waals surface area contributed by atoms with Gasteiger partial charge in [0, 0.05) is 35.4 Å². The predicted molar refractivity (Wildman–Crippen MR) is 68.5 cm³/mol. The highest BCUT2D eigenvalue weighted by atomic mass is 79.9. The minimum absolute atomic E-state index is 0.777. The van der Waals surface area contributed by atoms with Crippen molar-refractivity contribution in [2.75, 3.05) is 18.4 Å². The molecule has 0 radical (unpaired) electrons. The van der Waals surface area contributed by atoms with Crippen LogP contribution in [0.1, 0.15) is 24.8 Å². The standard InChI is InChI=1S/C12H16BrN3/c13-10-6-9-8-16-5-1-2-11(16)3-4-14-12(9)15-7-10/h6-7,11H,1-5,8H2,(H,14,15). The van der Waals surface area contributed by atoms with E-state index < -0.39 is 0 Å². The van der Waals surface area contributed by atoms with Crippen molar-refractivity contribution in [1.29, 1.82) is 0 Å². The third-order valence-corrected chi connectivity index (χ3v) is 4.01. The first kappa shape index (κ1) is 10.5. The lowest BCUT2D eigenvalue weighted by Gasteiger charge is -2.28. The Morgan fingerprint density at radius 3 is 3.31 bits per heavy atom. The van der Waals surface area contributed by atoms with Crippen molar-refractivity contribution in [3.63, 3.8) is 0 Å². The second-order valence-corrected chi connectivity index (χ2v) is 5.56. The number of nitrogens with one attached hydrogen (secondary N) is 1. The summed E-state index contributed by atoms with van der Waals surface area (Å²) in [5, 5.41) is 3.45. The van der Waals surface area contributed by atoms with Crippen molar-refractivity contribution in [2.45, 2.75) is 31.8 Å². The Kier molecular flexibility index (Phi) is 2.86. The molecule has 0 aliphatic carbocycles. The van der Waals surface area contributed by atoms with Gasteiger partial charge in [-0.3, -0.25) is 4.90 Å². The fourth-order valence-electron chi connectivity index (χ4n) is 2.77. The number of fused-ring (bicyclic) bond motifs is 2. The Morgan fingerprint density at radius 2 is 2.38 bits per heavy atom. The molecule has 1 fully saturated rings. The average molecular weight is 282 g/mol. The zero-order chi connectivity index (χ0) is 11.0. The molecule has 1 aromatic heterocycles. The number of hydrogen-bond acceptors (Lipinski definition) is 3. The molecular formula is C12H16BrN3. The van der Waals surface area contributed by atoms with Crippen LogP contribution in [0.2, 0.25) is 0 Å². The third-order valence-electron chi connectivity index (χ3n) is 3.58. The lowest BCUT2D eigenvalue weighted by atomic mass is 10.1. The van der Waals surface area contributed by atoms with E-state index in [2.05, 4.69) is 37.2 Å². The van der Waals surface area contributed by atoms with Crippen LogP contribution in [0.3, 0.4) is 0 Å². The molecule has 3 nitrogen and oxygen atoms in total. The maximum absolute atomic E-state index is 4.45. The molecular weight excluding hydrogens is 266 g/mol. The fraction of sp³-hybridized carbons (Fsp3) is 0.583. The molecule has 4 heteroatoms. The molecule has 0 spiro atoms. The summed E-state index contributed by atoms with van der Waals surface area (Å²) < 4.78 is 1.07. The van der Waals surface area contributed by atoms with Gasteiger partial charge in [-0.15, -0.1) is 0 Å². The summed E-state index contributed by atoms with van der Waals surface area (Å²) in [5.41, 5.74) is 1.32. The molecule has 1 saturated heterocycles. The number of nitrogens with zero attached hydrogens (tertiary/aromatic N) is 2. The zero-order valence-electron chi connectivity index (χ0n) is 9.25. The second-order valence-electron chi connectivity index (χ2n) is 4.64. The van der Waals surface area contributed by atoms with E-state index in [1.165, 1.54) is 31.4 Å². The smallest absolute Gasteiger partial charge is 0.130 e. The van der Waals surface area contributed by atoms with Crippen molar-refractivity contribution < 1.29 is 0 Å². The quantitative estimate of drug-likeness (QED) is 0.793. The Bertz CT molecular complexity index is 394. The first-order valence-electron chi connectivity index (χ1n) is 5.95. The molecule has 3 heterocycles. The molecule has 1 aromatic rings. The van der Waals surface area contributed by atoms with Gasteiger partial charge in [0.05, 0.1) is 0 Å². The highest BCUT2D eigenvalue weighted by Crippen LogP contribution is 2.28. The molecule has 0 aromatic carbocycles. The number of anilines is 1. The van der Waals surface area contributed by atoms with Gasteiger partial charge in [0.2, 0.25) is 0 Å². The zero-order valence-corrected chi connectivity index (χ0v) is 10.8. The Balaban J connectivity index is 1.92. The van der Waals surface area contributed by atoms with Gasteiger partial charge in [0.1, 0.15) is 5.82 Å². The molecule has 1 N–H and O–H groups in total. The molecule has 1 unspecified atom stereocenters. The molecule has 0 saturated carbocycles. The normalized spacial score (nSPS) is 25.2. The Morgan fingerprint density at radius 1 is 1.44 bits per heavy atom. The van der Waals surface area contributed by atoms with Crippen LogP contribution in [0, 0.1) is 0 Å². The lowest BCUT2D eigenvalue weighted by molar-refractivity contribution is 0.235. The van der Waals surface area contributed by atoms with E-state index in [1.54, 1.807) is 0 Å². The molecule has 2 aliphatic heterocycles. The van der Waals surface area contributed by atoms with Gasteiger partial charge < -0.3 is 5.32 Å². The Hall–Kier alpha value is -0.610. The van der Waals surface area contributed by atoms with Gasteiger partial charge in [-0.05, 0) is 47.8 Å². The first-order valence-corrected chi connectivity index (χ1v) is 6.74. The van der Waals surface area contributed by atoms with Crippen molar-refractivity contribution in [3.05, 3.63) is 22.3 Å². The van der Waals surface area contributed by atoms with Gasteiger partial charge in [-0.2, -0.15) is 0 Å². The van der Waals surface area contributed by atoms with E-state index in [0.717, 1.165) is 29.4 Å². The minimum atomic E-state index is 0.777. The van der Waals surface area contributed by atoms with Crippen molar-refractivity contribution in [2.24, 2.45) is 0 Å². The van der Waals surface area contributed by atoms with Crippen LogP contribution in [-0.4, -0.2) is 29.0 Å². The first-order chi connectivity index (χ1) is 7.83. The SMILES string of the molecule is Brc1cnc2c(c1)CN1CCCC1CCN2. The molecule has 3 rings (SSSR count). The summed E-state index contributed by atoms with van der Waals surface area (Å²) in [6.07, 6.45) is 5.83. The number of rotatable bonds is 0. The number of pyridine rings is 1. The highest BCUT2D eigenvalue weighted by Gasteiger charge is 2.26. The summed E-state index contributed by atoms with van der Waals surface area (Å²) in [7, 11) is 0. The summed E-state index contributed by atoms with van der Waals surface area (Å²) in [5.74, 6) is 1.06. The lowest BCUT2D eigenvalue weighted by Crippen LogP contribution is -2.33. The van der Waals surface area contributed by atoms with Crippen LogP contribution < -0.4 is 5.32 Å². The number of hydrogen-bond donors (Lipinski definition) is 1. The average Bonchev–Trinajstić information content (AvgIpc) is 2.65. The highest BCUT2D eigenvalue weighted by molar-refractivity contribution is 9.10. The molecule has 0 bridgehead atoms. The maximum atomic E-state index is 4.45. The van der Waals surface area contributed by atoms with Gasteiger partial charge in [0.25, 0.3) is 0 Å². The fourth-order valence-corrected chi connectivity index (χ4v) is 3.15. The molecule has 1 atom stereocenters. The summed E-state index contributed by atoms with van der Waals surface area (Å²) in [6, 6.07) is 2.97. The molecule has 86 valence electrons. The van der Waals surface area contributed by atoms with Crippen molar-refractivity contribution in [1.82, 2.24) is 9.88 Å². The van der Waals surface area contributed by atoms with Crippen molar-refractivity contribution in [3.8, 4) is 0 Å². The van der Waals surface area contributed by atoms with E-state index in [4.69, 9.17) is 0 Å². The number of aromatic nitrogens is 1. The van der Waals surface area contributed by atoms with E-state index >= 15 is 0 Å². The third kappa shape index (κ3) is 1.96. The maximum Gasteiger partial charge on any atom is 0.130 e. The van der Waals surface area contributed by atoms with Crippen molar-refractivity contribution >= 4 is 21.7 Å². The summed E-state index contributed by atoms with van der Waals surface area (Å²) in [6.45, 7) is 3.33. The van der Waals surface area contributed by atoms with E-state index in [1.807, 2.05) is 6.20 Å². The minimum Gasteiger partial charge on any atom is -0.370 e. The largest absolute Gasteiger partial charge is 0.370 e. The van der Waals surface area contributed by atoms with Crippen LogP contribution in [0.4, 0.5) is 5.82 Å². The van der Waals surface area contributed by atoms with Crippen LogP contribution in [-0.2, 0) is 6.54 Å². The second kappa shape index (κ2) is 4.34. The van der Waals surface area contributed by atoms with E-state index in [9.17, 15) is 0 Å². The van der Waals surface area contributed by atoms with Crippen LogP contribution in [0.5, 0.6) is 0 Å². The van der Waals surface area contributed by atoms with E-state index in [-0.39, 0.29) is 0 Å². The van der Waals surface area contributed by atoms with Crippen LogP contribution in [0.15, 0.2) is 16.7 Å². The monoisotopic (exact) mass is 281 g/mol. The molecule has 0 amide bonds. The van der Waals surface area contributed by atoms with Gasteiger partial charge in [0.15, 0.2) is 0 Å². The topological polar surface area (TPSA) is 28.2 Å². The van der Waals surface area contributed by atoms with Gasteiger partial charge in [-0.1, -0.05) is 0 Å². The predicted octanol–water partition coefficient (Wildman–Crippen LogP) is 2.62. The molecule has 2 aliphatic rings. The summed E-state index contributed by atoms with van der Waals surface area (Å²) >= 11 is 3.50. The Labute approximate surface area is 104 Å². The molecule has 16 heavy (non-hydrogen) atoms. The van der Waals surface area contributed by atoms with E-state index in [0.29, 0.717) is 0 Å².